The van der Waals surface area contributed by atoms with Crippen molar-refractivity contribution in [3.63, 3.8) is 0 Å². The summed E-state index contributed by atoms with van der Waals surface area (Å²) in [6.07, 6.45) is 2.16. The first-order valence-corrected chi connectivity index (χ1v) is 7.17. The van der Waals surface area contributed by atoms with E-state index in [0.29, 0.717) is 13.1 Å². The lowest BCUT2D eigenvalue weighted by atomic mass is 10.1. The SMILES string of the molecule is CCCCn1nnnc1CN1CCNCC1C(=O)NC. The number of nitrogens with zero attached hydrogens (tertiary/aromatic N) is 5. The molecule has 0 bridgehead atoms. The average Bonchev–Trinajstić information content (AvgIpc) is 2.92. The van der Waals surface area contributed by atoms with E-state index >= 15 is 0 Å². The number of carbonyl (C=O) groups is 1. The second-order valence-electron chi connectivity index (χ2n) is 4.98. The van der Waals surface area contributed by atoms with Gasteiger partial charge in [-0.15, -0.1) is 5.10 Å². The Labute approximate surface area is 118 Å². The van der Waals surface area contributed by atoms with E-state index in [2.05, 4.69) is 38.0 Å². The predicted octanol–water partition coefficient (Wildman–Crippen LogP) is -1.01. The van der Waals surface area contributed by atoms with Gasteiger partial charge in [0.15, 0.2) is 5.82 Å². The third-order valence-electron chi connectivity index (χ3n) is 3.58. The standard InChI is InChI=1S/C12H23N7O/c1-3-4-6-19-11(15-16-17-19)9-18-7-5-14-8-10(18)12(20)13-2/h10,14H,3-9H2,1-2H3,(H,13,20). The summed E-state index contributed by atoms with van der Waals surface area (Å²) in [6.45, 7) is 5.94. The Morgan fingerprint density at radius 2 is 2.40 bits per heavy atom. The number of amides is 1. The Bertz CT molecular complexity index is 433. The molecule has 1 aromatic rings. The largest absolute Gasteiger partial charge is 0.358 e. The van der Waals surface area contributed by atoms with Gasteiger partial charge in [0.05, 0.1) is 6.54 Å². The highest BCUT2D eigenvalue weighted by atomic mass is 16.2. The van der Waals surface area contributed by atoms with Gasteiger partial charge in [-0.3, -0.25) is 9.69 Å². The summed E-state index contributed by atoms with van der Waals surface area (Å²) < 4.78 is 1.84. The van der Waals surface area contributed by atoms with Crippen molar-refractivity contribution in [1.29, 1.82) is 0 Å². The normalized spacial score (nSPS) is 20.0. The Morgan fingerprint density at radius 3 is 3.15 bits per heavy atom. The highest BCUT2D eigenvalue weighted by Crippen LogP contribution is 2.09. The van der Waals surface area contributed by atoms with E-state index in [1.165, 1.54) is 0 Å². The van der Waals surface area contributed by atoms with Crippen molar-refractivity contribution in [1.82, 2.24) is 35.7 Å². The number of aromatic nitrogens is 4. The number of likely N-dealkylation sites (N-methyl/N-ethyl adjacent to an activating group) is 1. The van der Waals surface area contributed by atoms with Gasteiger partial charge in [-0.05, 0) is 16.8 Å². The molecule has 1 fully saturated rings. The highest BCUT2D eigenvalue weighted by Gasteiger charge is 2.29. The zero-order chi connectivity index (χ0) is 14.4. The van der Waals surface area contributed by atoms with Gasteiger partial charge in [0.1, 0.15) is 6.04 Å². The summed E-state index contributed by atoms with van der Waals surface area (Å²) >= 11 is 0. The monoisotopic (exact) mass is 281 g/mol. The molecule has 1 aliphatic heterocycles. The Kier molecular flexibility index (Phi) is 5.42. The maximum atomic E-state index is 11.9. The van der Waals surface area contributed by atoms with Gasteiger partial charge in [-0.25, -0.2) is 4.68 Å². The van der Waals surface area contributed by atoms with Gasteiger partial charge >= 0.3 is 0 Å². The minimum Gasteiger partial charge on any atom is -0.358 e. The first kappa shape index (κ1) is 14.9. The molecule has 0 aliphatic carbocycles. The van der Waals surface area contributed by atoms with Crippen LogP contribution in [0.15, 0.2) is 0 Å². The van der Waals surface area contributed by atoms with Crippen LogP contribution < -0.4 is 10.6 Å². The van der Waals surface area contributed by atoms with E-state index < -0.39 is 0 Å². The van der Waals surface area contributed by atoms with Crippen LogP contribution in [-0.2, 0) is 17.9 Å². The number of tetrazole rings is 1. The fourth-order valence-corrected chi connectivity index (χ4v) is 2.36. The zero-order valence-electron chi connectivity index (χ0n) is 12.2. The van der Waals surface area contributed by atoms with Crippen LogP contribution in [0.1, 0.15) is 25.6 Å². The molecular formula is C12H23N7O. The molecule has 112 valence electrons. The van der Waals surface area contributed by atoms with Crippen molar-refractivity contribution in [2.75, 3.05) is 26.7 Å². The molecule has 1 aromatic heterocycles. The number of hydrogen-bond donors (Lipinski definition) is 2. The van der Waals surface area contributed by atoms with Crippen molar-refractivity contribution in [3.05, 3.63) is 5.82 Å². The third kappa shape index (κ3) is 3.51. The molecule has 8 heteroatoms. The van der Waals surface area contributed by atoms with E-state index in [9.17, 15) is 4.79 Å². The van der Waals surface area contributed by atoms with Crippen molar-refractivity contribution >= 4 is 5.91 Å². The summed E-state index contributed by atoms with van der Waals surface area (Å²) in [6, 6.07) is -0.162. The van der Waals surface area contributed by atoms with Gasteiger partial charge in [-0.2, -0.15) is 0 Å². The van der Waals surface area contributed by atoms with Crippen LogP contribution in [0.4, 0.5) is 0 Å². The molecule has 2 rings (SSSR count). The predicted molar refractivity (Wildman–Crippen MR) is 73.9 cm³/mol. The van der Waals surface area contributed by atoms with E-state index in [1.807, 2.05) is 4.68 Å². The Morgan fingerprint density at radius 1 is 1.55 bits per heavy atom. The van der Waals surface area contributed by atoms with E-state index in [0.717, 1.165) is 38.3 Å². The Balaban J connectivity index is 2.03. The smallest absolute Gasteiger partial charge is 0.238 e. The van der Waals surface area contributed by atoms with E-state index in [4.69, 9.17) is 0 Å². The molecule has 0 saturated carbocycles. The zero-order valence-corrected chi connectivity index (χ0v) is 12.2. The number of rotatable bonds is 6. The molecule has 0 spiro atoms. The van der Waals surface area contributed by atoms with Crippen LogP contribution in [0.3, 0.4) is 0 Å². The second-order valence-corrected chi connectivity index (χ2v) is 4.98. The fraction of sp³-hybridized carbons (Fsp3) is 0.833. The van der Waals surface area contributed by atoms with Crippen molar-refractivity contribution in [2.24, 2.45) is 0 Å². The number of carbonyl (C=O) groups excluding carboxylic acids is 1. The second kappa shape index (κ2) is 7.30. The minimum atomic E-state index is -0.162. The summed E-state index contributed by atoms with van der Waals surface area (Å²) in [7, 11) is 1.67. The van der Waals surface area contributed by atoms with Crippen LogP contribution in [-0.4, -0.2) is 63.7 Å². The molecule has 20 heavy (non-hydrogen) atoms. The van der Waals surface area contributed by atoms with Crippen LogP contribution >= 0.6 is 0 Å². The molecule has 1 unspecified atom stereocenters. The van der Waals surface area contributed by atoms with Crippen molar-refractivity contribution < 1.29 is 4.79 Å². The molecular weight excluding hydrogens is 258 g/mol. The van der Waals surface area contributed by atoms with Crippen LogP contribution in [0.25, 0.3) is 0 Å². The first-order valence-electron chi connectivity index (χ1n) is 7.17. The van der Waals surface area contributed by atoms with Crippen molar-refractivity contribution in [2.45, 2.75) is 38.9 Å². The molecule has 1 saturated heterocycles. The van der Waals surface area contributed by atoms with E-state index in [1.54, 1.807) is 7.05 Å². The highest BCUT2D eigenvalue weighted by molar-refractivity contribution is 5.81. The third-order valence-corrected chi connectivity index (χ3v) is 3.58. The summed E-state index contributed by atoms with van der Waals surface area (Å²) in [4.78, 5) is 14.0. The van der Waals surface area contributed by atoms with Gasteiger partial charge in [0, 0.05) is 33.2 Å². The van der Waals surface area contributed by atoms with Gasteiger partial charge in [0.2, 0.25) is 5.91 Å². The van der Waals surface area contributed by atoms with Crippen molar-refractivity contribution in [3.8, 4) is 0 Å². The molecule has 2 N–H and O–H groups in total. The molecule has 2 heterocycles. The lowest BCUT2D eigenvalue weighted by Crippen LogP contribution is -2.57. The minimum absolute atomic E-state index is 0.0322. The topological polar surface area (TPSA) is 88.0 Å². The number of aryl methyl sites for hydroxylation is 1. The van der Waals surface area contributed by atoms with Gasteiger partial charge in [-0.1, -0.05) is 13.3 Å². The summed E-state index contributed by atoms with van der Waals surface area (Å²) in [5, 5.41) is 17.8. The molecule has 1 atom stereocenters. The number of nitrogens with one attached hydrogen (secondary N) is 2. The van der Waals surface area contributed by atoms with Crippen LogP contribution in [0, 0.1) is 0 Å². The lowest BCUT2D eigenvalue weighted by molar-refractivity contribution is -0.126. The lowest BCUT2D eigenvalue weighted by Gasteiger charge is -2.34. The maximum absolute atomic E-state index is 11.9. The first-order chi connectivity index (χ1) is 9.76. The molecule has 1 amide bonds. The Hall–Kier alpha value is -1.54. The van der Waals surface area contributed by atoms with Crippen LogP contribution in [0.2, 0.25) is 0 Å². The van der Waals surface area contributed by atoms with Crippen LogP contribution in [0.5, 0.6) is 0 Å². The number of unbranched alkanes of at least 4 members (excludes halogenated alkanes) is 1. The molecule has 0 aromatic carbocycles. The van der Waals surface area contributed by atoms with E-state index in [-0.39, 0.29) is 11.9 Å². The molecule has 8 nitrogen and oxygen atoms in total. The van der Waals surface area contributed by atoms with Gasteiger partial charge < -0.3 is 10.6 Å². The van der Waals surface area contributed by atoms with Gasteiger partial charge in [0.25, 0.3) is 0 Å². The molecule has 1 aliphatic rings. The maximum Gasteiger partial charge on any atom is 0.238 e. The number of hydrogen-bond acceptors (Lipinski definition) is 6. The number of piperazine rings is 1. The average molecular weight is 281 g/mol. The molecule has 0 radical (unpaired) electrons. The summed E-state index contributed by atoms with van der Waals surface area (Å²) in [5.74, 6) is 0.860. The fourth-order valence-electron chi connectivity index (χ4n) is 2.36. The quantitative estimate of drug-likeness (QED) is 0.695. The summed E-state index contributed by atoms with van der Waals surface area (Å²) in [5.41, 5.74) is 0.